The third-order valence-electron chi connectivity index (χ3n) is 11.9. The maximum absolute atomic E-state index is 14.8. The zero-order valence-corrected chi connectivity index (χ0v) is 38.7. The SMILES string of the molecule is Cc1ncnn1-c1ccc(Nc2nc3n(n2)CCCC[C@@H]3c2ccc(OCC(F)(F)F)cc2)cc1F.Cc1ncnn1-c1ccc(Nc2nc3n(n2)CCCC[C@H]3c2ccc(OCC(F)(F)F)cc2)cc1F. The lowest BCUT2D eigenvalue weighted by atomic mass is 9.93. The van der Waals surface area contributed by atoms with E-state index in [9.17, 15) is 35.1 Å². The largest absolute Gasteiger partial charge is 0.484 e. The van der Waals surface area contributed by atoms with E-state index in [-0.39, 0.29) is 34.7 Å². The fourth-order valence-corrected chi connectivity index (χ4v) is 8.53. The summed E-state index contributed by atoms with van der Waals surface area (Å²) in [6.07, 6.45) is -0.664. The van der Waals surface area contributed by atoms with Crippen LogP contribution in [0.5, 0.6) is 11.5 Å². The summed E-state index contributed by atoms with van der Waals surface area (Å²) in [5.74, 6) is 2.50. The highest BCUT2D eigenvalue weighted by molar-refractivity contribution is 5.57. The van der Waals surface area contributed by atoms with Crippen LogP contribution in [-0.4, -0.2) is 84.6 Å². The van der Waals surface area contributed by atoms with Gasteiger partial charge in [0.2, 0.25) is 11.9 Å². The van der Waals surface area contributed by atoms with E-state index in [2.05, 4.69) is 51.0 Å². The molecule has 4 aromatic heterocycles. The van der Waals surface area contributed by atoms with Gasteiger partial charge in [-0.2, -0.15) is 46.5 Å². The molecule has 0 amide bonds. The molecule has 0 unspecified atom stereocenters. The summed E-state index contributed by atoms with van der Waals surface area (Å²) in [4.78, 5) is 17.4. The second kappa shape index (κ2) is 20.8. The van der Waals surface area contributed by atoms with Crippen LogP contribution in [0.25, 0.3) is 11.4 Å². The van der Waals surface area contributed by atoms with E-state index in [1.165, 1.54) is 58.4 Å². The molecule has 0 saturated heterocycles. The number of anilines is 4. The molecule has 2 aliphatic heterocycles. The van der Waals surface area contributed by atoms with Crippen molar-refractivity contribution in [1.29, 1.82) is 0 Å². The minimum Gasteiger partial charge on any atom is -0.484 e. The van der Waals surface area contributed by atoms with Crippen LogP contribution >= 0.6 is 0 Å². The van der Waals surface area contributed by atoms with E-state index in [1.807, 2.05) is 9.36 Å². The summed E-state index contributed by atoms with van der Waals surface area (Å²) in [7, 11) is 0. The van der Waals surface area contributed by atoms with Crippen LogP contribution in [0.4, 0.5) is 58.4 Å². The number of nitrogens with zero attached hydrogens (tertiary/aromatic N) is 12. The Labute approximate surface area is 406 Å². The molecule has 2 N–H and O–H groups in total. The number of rotatable bonds is 12. The fourth-order valence-electron chi connectivity index (χ4n) is 8.53. The maximum atomic E-state index is 14.8. The van der Waals surface area contributed by atoms with Gasteiger partial charge in [0.25, 0.3) is 0 Å². The Hall–Kier alpha value is -7.92. The smallest absolute Gasteiger partial charge is 0.422 e. The predicted octanol–water partition coefficient (Wildman–Crippen LogP) is 10.6. The molecule has 4 aromatic carbocycles. The van der Waals surface area contributed by atoms with Crippen molar-refractivity contribution in [2.45, 2.75) is 89.7 Å². The number of fused-ring (bicyclic) bond motifs is 2. The first-order chi connectivity index (χ1) is 34.5. The van der Waals surface area contributed by atoms with Crippen LogP contribution in [0.2, 0.25) is 0 Å². The summed E-state index contributed by atoms with van der Waals surface area (Å²) in [5, 5.41) is 23.3. The quantitative estimate of drug-likeness (QED) is 0.111. The van der Waals surface area contributed by atoms with Crippen molar-refractivity contribution >= 4 is 23.3 Å². The topological polar surface area (TPSA) is 165 Å². The second-order valence-electron chi connectivity index (χ2n) is 17.1. The van der Waals surface area contributed by atoms with E-state index in [1.54, 1.807) is 62.4 Å². The molecule has 0 fully saturated rings. The van der Waals surface area contributed by atoms with E-state index in [0.717, 1.165) is 61.3 Å². The first-order valence-electron chi connectivity index (χ1n) is 22.9. The summed E-state index contributed by atoms with van der Waals surface area (Å²) in [6.45, 7) is 2.18. The van der Waals surface area contributed by atoms with E-state index in [0.29, 0.717) is 48.0 Å². The number of benzene rings is 4. The minimum absolute atomic E-state index is 0.0818. The van der Waals surface area contributed by atoms with Gasteiger partial charge in [0.1, 0.15) is 58.8 Å². The molecule has 2 atom stereocenters. The molecule has 6 heterocycles. The van der Waals surface area contributed by atoms with Crippen LogP contribution in [0.15, 0.2) is 97.6 Å². The average molecular weight is 1000 g/mol. The number of ether oxygens (including phenoxy) is 2. The number of nitrogens with one attached hydrogen (secondary N) is 2. The van der Waals surface area contributed by atoms with E-state index < -0.39 is 37.2 Å². The first kappa shape index (κ1) is 49.1. The summed E-state index contributed by atoms with van der Waals surface area (Å²) >= 11 is 0. The zero-order valence-electron chi connectivity index (χ0n) is 38.7. The highest BCUT2D eigenvalue weighted by Crippen LogP contribution is 2.36. The van der Waals surface area contributed by atoms with Gasteiger partial charge in [-0.05, 0) is 111 Å². The molecule has 10 rings (SSSR count). The highest BCUT2D eigenvalue weighted by atomic mass is 19.4. The minimum atomic E-state index is -4.39. The summed E-state index contributed by atoms with van der Waals surface area (Å²) in [5.41, 5.74) is 3.36. The van der Waals surface area contributed by atoms with Gasteiger partial charge in [-0.3, -0.25) is 0 Å². The predicted molar refractivity (Wildman–Crippen MR) is 246 cm³/mol. The number of aromatic nitrogens is 12. The van der Waals surface area contributed by atoms with Crippen molar-refractivity contribution in [1.82, 2.24) is 59.1 Å². The standard InChI is InChI=1S/2C24H23F4N7O/c2*1-15-29-14-30-35(15)21-10-7-17(12-20(21)25)31-23-32-22-19(4-2-3-11-34(22)33-23)16-5-8-18(9-6-16)36-13-24(26,27)28/h2*5-10,12,14,19H,2-4,11,13H2,1H3,(H,31,33)/t2*19-/m10/s1. The van der Waals surface area contributed by atoms with Crippen LogP contribution in [0.3, 0.4) is 0 Å². The Morgan fingerprint density at radius 2 is 0.958 bits per heavy atom. The Morgan fingerprint density at radius 3 is 1.31 bits per heavy atom. The molecule has 0 bridgehead atoms. The van der Waals surface area contributed by atoms with Crippen molar-refractivity contribution in [2.24, 2.45) is 0 Å². The second-order valence-corrected chi connectivity index (χ2v) is 17.1. The van der Waals surface area contributed by atoms with Gasteiger partial charge in [0.15, 0.2) is 24.8 Å². The number of halogens is 8. The lowest BCUT2D eigenvalue weighted by Gasteiger charge is -2.15. The van der Waals surface area contributed by atoms with Gasteiger partial charge in [0, 0.05) is 36.3 Å². The molecule has 24 heteroatoms. The van der Waals surface area contributed by atoms with Gasteiger partial charge >= 0.3 is 12.4 Å². The summed E-state index contributed by atoms with van der Waals surface area (Å²) < 4.78 is 120. The van der Waals surface area contributed by atoms with Crippen LogP contribution < -0.4 is 20.1 Å². The summed E-state index contributed by atoms with van der Waals surface area (Å²) in [6, 6.07) is 22.5. The van der Waals surface area contributed by atoms with Gasteiger partial charge in [-0.25, -0.2) is 37.5 Å². The molecule has 0 aliphatic carbocycles. The lowest BCUT2D eigenvalue weighted by molar-refractivity contribution is -0.154. The Kier molecular flexibility index (Phi) is 14.2. The van der Waals surface area contributed by atoms with E-state index >= 15 is 0 Å². The highest BCUT2D eigenvalue weighted by Gasteiger charge is 2.31. The Morgan fingerprint density at radius 1 is 0.556 bits per heavy atom. The monoisotopic (exact) mass is 1000 g/mol. The van der Waals surface area contributed by atoms with Crippen molar-refractivity contribution in [2.75, 3.05) is 23.8 Å². The molecule has 2 aliphatic rings. The van der Waals surface area contributed by atoms with Gasteiger partial charge in [-0.15, -0.1) is 10.2 Å². The molecular formula is C48H46F8N14O2. The molecular weight excluding hydrogens is 957 g/mol. The maximum Gasteiger partial charge on any atom is 0.422 e. The van der Waals surface area contributed by atoms with Crippen molar-refractivity contribution in [3.8, 4) is 22.9 Å². The molecule has 0 radical (unpaired) electrons. The molecule has 376 valence electrons. The molecule has 8 aromatic rings. The van der Waals surface area contributed by atoms with Gasteiger partial charge in [0.05, 0.1) is 0 Å². The lowest BCUT2D eigenvalue weighted by Crippen LogP contribution is -2.19. The molecule has 0 saturated carbocycles. The zero-order chi connectivity index (χ0) is 50.6. The van der Waals surface area contributed by atoms with Gasteiger partial charge < -0.3 is 20.1 Å². The van der Waals surface area contributed by atoms with Crippen molar-refractivity contribution in [3.05, 3.63) is 144 Å². The van der Waals surface area contributed by atoms with Crippen molar-refractivity contribution in [3.63, 3.8) is 0 Å². The van der Waals surface area contributed by atoms with Crippen LogP contribution in [-0.2, 0) is 13.1 Å². The molecule has 0 spiro atoms. The van der Waals surface area contributed by atoms with E-state index in [4.69, 9.17) is 9.47 Å². The van der Waals surface area contributed by atoms with Crippen molar-refractivity contribution < 1.29 is 44.6 Å². The first-order valence-corrected chi connectivity index (χ1v) is 22.9. The fraction of sp³-hybridized carbons (Fsp3) is 0.333. The van der Waals surface area contributed by atoms with Gasteiger partial charge in [-0.1, -0.05) is 37.1 Å². The Balaban J connectivity index is 0.000000178. The average Bonchev–Trinajstić information content (AvgIpc) is 4.11. The molecule has 16 nitrogen and oxygen atoms in total. The Bertz CT molecular complexity index is 2900. The van der Waals surface area contributed by atoms with Crippen LogP contribution in [0, 0.1) is 25.5 Å². The third kappa shape index (κ3) is 11.8. The number of aryl methyl sites for hydroxylation is 4. The normalized spacial score (nSPS) is 15.9. The number of alkyl halides is 6. The molecule has 72 heavy (non-hydrogen) atoms. The third-order valence-corrected chi connectivity index (χ3v) is 11.9. The number of hydrogen-bond acceptors (Lipinski definition) is 12. The van der Waals surface area contributed by atoms with Crippen LogP contribution in [0.1, 0.15) is 84.8 Å². The number of hydrogen-bond donors (Lipinski definition) is 2.